The molecule has 0 aromatic heterocycles. The number of carbonyl (C=O) groups is 4. The van der Waals surface area contributed by atoms with Gasteiger partial charge in [-0.05, 0) is 25.4 Å². The summed E-state index contributed by atoms with van der Waals surface area (Å²) in [5.74, 6) is -3.36. The fourth-order valence-corrected chi connectivity index (χ4v) is 2.64. The molecule has 5 unspecified atom stereocenters. The van der Waals surface area contributed by atoms with Gasteiger partial charge in [0.05, 0.1) is 12.7 Å². The number of aliphatic hydroxyl groups is 2. The van der Waals surface area contributed by atoms with Crippen molar-refractivity contribution >= 4 is 48.1 Å². The largest absolute Gasteiger partial charge is 0.480 e. The SMILES string of the molecule is CSCCC(NC(=O)C(CS)NC(=O)C(CO)NC(=O)C(N)C(C)O)C(=O)O. The Kier molecular flexibility index (Phi) is 12.9. The summed E-state index contributed by atoms with van der Waals surface area (Å²) in [4.78, 5) is 47.6. The maximum Gasteiger partial charge on any atom is 0.326 e. The third-order valence-electron chi connectivity index (χ3n) is 3.68. The van der Waals surface area contributed by atoms with Gasteiger partial charge >= 0.3 is 5.97 Å². The number of hydrogen-bond acceptors (Lipinski definition) is 9. The van der Waals surface area contributed by atoms with Crippen LogP contribution in [0.2, 0.25) is 0 Å². The number of carbonyl (C=O) groups excluding carboxylic acids is 3. The molecule has 0 spiro atoms. The molecule has 0 aliphatic heterocycles. The van der Waals surface area contributed by atoms with E-state index in [1.165, 1.54) is 18.7 Å². The van der Waals surface area contributed by atoms with Crippen LogP contribution in [0.25, 0.3) is 0 Å². The van der Waals surface area contributed by atoms with E-state index in [4.69, 9.17) is 10.8 Å². The molecule has 3 amide bonds. The molecule has 0 rings (SSSR count). The first-order valence-electron chi connectivity index (χ1n) is 8.37. The van der Waals surface area contributed by atoms with Gasteiger partial charge in [0.15, 0.2) is 0 Å². The number of carboxylic acid groups (broad SMARTS) is 1. The Morgan fingerprint density at radius 1 is 1.04 bits per heavy atom. The lowest BCUT2D eigenvalue weighted by Crippen LogP contribution is -2.59. The van der Waals surface area contributed by atoms with Gasteiger partial charge < -0.3 is 37.0 Å². The van der Waals surface area contributed by atoms with Gasteiger partial charge in [0.1, 0.15) is 24.2 Å². The minimum Gasteiger partial charge on any atom is -0.480 e. The maximum atomic E-state index is 12.3. The van der Waals surface area contributed by atoms with Crippen LogP contribution in [0.5, 0.6) is 0 Å². The molecule has 162 valence electrons. The fourth-order valence-electron chi connectivity index (χ4n) is 1.91. The normalized spacial score (nSPS) is 16.2. The predicted octanol–water partition coefficient (Wildman–Crippen LogP) is -3.09. The van der Waals surface area contributed by atoms with Crippen molar-refractivity contribution in [2.24, 2.45) is 5.73 Å². The summed E-state index contributed by atoms with van der Waals surface area (Å²) < 4.78 is 0. The predicted molar refractivity (Wildman–Crippen MR) is 107 cm³/mol. The smallest absolute Gasteiger partial charge is 0.326 e. The molecule has 0 fully saturated rings. The number of aliphatic hydroxyl groups excluding tert-OH is 2. The van der Waals surface area contributed by atoms with Crippen LogP contribution in [-0.4, -0.2) is 93.7 Å². The van der Waals surface area contributed by atoms with Crippen molar-refractivity contribution in [2.45, 2.75) is 43.6 Å². The van der Waals surface area contributed by atoms with E-state index >= 15 is 0 Å². The number of thiol groups is 1. The van der Waals surface area contributed by atoms with Crippen molar-refractivity contribution in [3.63, 3.8) is 0 Å². The van der Waals surface area contributed by atoms with Crippen LogP contribution in [0.15, 0.2) is 0 Å². The lowest BCUT2D eigenvalue weighted by molar-refractivity contribution is -0.142. The van der Waals surface area contributed by atoms with Crippen LogP contribution < -0.4 is 21.7 Å². The summed E-state index contributed by atoms with van der Waals surface area (Å²) in [6, 6.07) is -5.04. The molecule has 13 heteroatoms. The van der Waals surface area contributed by atoms with E-state index < -0.39 is 60.6 Å². The van der Waals surface area contributed by atoms with Gasteiger partial charge in [-0.15, -0.1) is 0 Å². The Morgan fingerprint density at radius 3 is 1.96 bits per heavy atom. The molecular weight excluding hydrogens is 412 g/mol. The average Bonchev–Trinajstić information content (AvgIpc) is 2.65. The monoisotopic (exact) mass is 440 g/mol. The molecule has 0 bridgehead atoms. The van der Waals surface area contributed by atoms with Crippen molar-refractivity contribution in [1.82, 2.24) is 16.0 Å². The Hall–Kier alpha value is -1.54. The van der Waals surface area contributed by atoms with Crippen LogP contribution in [-0.2, 0) is 19.2 Å². The molecule has 0 aromatic carbocycles. The molecule has 0 aliphatic rings. The number of carboxylic acids is 1. The Morgan fingerprint density at radius 2 is 1.54 bits per heavy atom. The quantitative estimate of drug-likeness (QED) is 0.137. The van der Waals surface area contributed by atoms with Crippen LogP contribution in [0.4, 0.5) is 0 Å². The van der Waals surface area contributed by atoms with Crippen LogP contribution in [0, 0.1) is 0 Å². The molecular formula is C15H28N4O7S2. The molecule has 0 aromatic rings. The van der Waals surface area contributed by atoms with Crippen molar-refractivity contribution in [3.8, 4) is 0 Å². The van der Waals surface area contributed by atoms with Gasteiger partial charge in [0.2, 0.25) is 17.7 Å². The van der Waals surface area contributed by atoms with E-state index in [1.807, 2.05) is 0 Å². The first-order chi connectivity index (χ1) is 13.1. The number of amides is 3. The summed E-state index contributed by atoms with van der Waals surface area (Å²) >= 11 is 5.39. The van der Waals surface area contributed by atoms with Gasteiger partial charge in [0.25, 0.3) is 0 Å². The van der Waals surface area contributed by atoms with E-state index in [2.05, 4.69) is 28.6 Å². The molecule has 0 saturated carbocycles. The number of thioether (sulfide) groups is 1. The maximum absolute atomic E-state index is 12.3. The van der Waals surface area contributed by atoms with Gasteiger partial charge in [-0.3, -0.25) is 14.4 Å². The molecule has 5 atom stereocenters. The summed E-state index contributed by atoms with van der Waals surface area (Å²) in [5.41, 5.74) is 5.45. The highest BCUT2D eigenvalue weighted by atomic mass is 32.2. The highest BCUT2D eigenvalue weighted by Crippen LogP contribution is 2.02. The zero-order valence-corrected chi connectivity index (χ0v) is 17.3. The van der Waals surface area contributed by atoms with Crippen LogP contribution in [0.3, 0.4) is 0 Å². The third kappa shape index (κ3) is 9.10. The highest BCUT2D eigenvalue weighted by Gasteiger charge is 2.30. The number of nitrogens with one attached hydrogen (secondary N) is 3. The Balaban J connectivity index is 4.95. The van der Waals surface area contributed by atoms with Crippen molar-refractivity contribution < 1.29 is 34.5 Å². The lowest BCUT2D eigenvalue weighted by Gasteiger charge is -2.24. The molecule has 0 radical (unpaired) electrons. The zero-order valence-electron chi connectivity index (χ0n) is 15.6. The minimum absolute atomic E-state index is 0.147. The van der Waals surface area contributed by atoms with Gasteiger partial charge in [-0.1, -0.05) is 0 Å². The number of aliphatic carboxylic acids is 1. The molecule has 0 saturated heterocycles. The lowest BCUT2D eigenvalue weighted by atomic mass is 10.1. The van der Waals surface area contributed by atoms with Crippen molar-refractivity contribution in [2.75, 3.05) is 24.4 Å². The van der Waals surface area contributed by atoms with Crippen LogP contribution in [0.1, 0.15) is 13.3 Å². The zero-order chi connectivity index (χ0) is 21.9. The topological polar surface area (TPSA) is 191 Å². The summed E-state index contributed by atoms with van der Waals surface area (Å²) in [5, 5.41) is 34.6. The Labute approximate surface area is 172 Å². The second-order valence-electron chi connectivity index (χ2n) is 5.93. The van der Waals surface area contributed by atoms with E-state index in [1.54, 1.807) is 6.26 Å². The Bertz CT molecular complexity index is 550. The molecule has 28 heavy (non-hydrogen) atoms. The average molecular weight is 441 g/mol. The van der Waals surface area contributed by atoms with Gasteiger partial charge in [-0.2, -0.15) is 24.4 Å². The van der Waals surface area contributed by atoms with E-state index in [0.29, 0.717) is 5.75 Å². The minimum atomic E-state index is -1.42. The summed E-state index contributed by atoms with van der Waals surface area (Å²) in [6.45, 7) is 0.506. The first-order valence-corrected chi connectivity index (χ1v) is 10.4. The summed E-state index contributed by atoms with van der Waals surface area (Å²) in [6.07, 6.45) is 0.819. The van der Waals surface area contributed by atoms with Gasteiger partial charge in [-0.25, -0.2) is 4.79 Å². The molecule has 11 nitrogen and oxygen atoms in total. The van der Waals surface area contributed by atoms with E-state index in [0.717, 1.165) is 0 Å². The standard InChI is InChI=1S/C15H28N4O7S2/c1-7(21)11(16)14(24)18-9(5-20)12(22)19-10(6-27)13(23)17-8(15(25)26)3-4-28-2/h7-11,20-21,27H,3-6,16H2,1-2H3,(H,17,23)(H,18,24)(H,19,22)(H,25,26). The van der Waals surface area contributed by atoms with E-state index in [9.17, 15) is 29.4 Å². The van der Waals surface area contributed by atoms with Gasteiger partial charge in [0, 0.05) is 5.75 Å². The van der Waals surface area contributed by atoms with Crippen molar-refractivity contribution in [1.29, 1.82) is 0 Å². The number of nitrogens with two attached hydrogens (primary N) is 1. The first kappa shape index (κ1) is 26.5. The molecule has 0 heterocycles. The van der Waals surface area contributed by atoms with Crippen molar-refractivity contribution in [3.05, 3.63) is 0 Å². The highest BCUT2D eigenvalue weighted by molar-refractivity contribution is 7.98. The number of hydrogen-bond donors (Lipinski definition) is 8. The second kappa shape index (κ2) is 13.6. The van der Waals surface area contributed by atoms with E-state index in [-0.39, 0.29) is 12.2 Å². The third-order valence-corrected chi connectivity index (χ3v) is 4.69. The van der Waals surface area contributed by atoms with Crippen LogP contribution >= 0.6 is 24.4 Å². The fraction of sp³-hybridized carbons (Fsp3) is 0.733. The second-order valence-corrected chi connectivity index (χ2v) is 7.29. The molecule has 0 aliphatic carbocycles. The number of rotatable bonds is 13. The molecule has 8 N–H and O–H groups in total. The summed E-state index contributed by atoms with van der Waals surface area (Å²) in [7, 11) is 0.